The summed E-state index contributed by atoms with van der Waals surface area (Å²) in [5.41, 5.74) is 0. The van der Waals surface area contributed by atoms with Crippen LogP contribution in [-0.2, 0) is 4.74 Å². The van der Waals surface area contributed by atoms with Crippen molar-refractivity contribution in [3.05, 3.63) is 5.92 Å². The Kier molecular flexibility index (Phi) is 3.04. The Morgan fingerprint density at radius 3 is 2.58 bits per heavy atom. The second kappa shape index (κ2) is 4.27. The normalized spacial score (nSPS) is 32.5. The van der Waals surface area contributed by atoms with Gasteiger partial charge in [-0.15, -0.1) is 0 Å². The van der Waals surface area contributed by atoms with E-state index >= 15 is 0 Å². The molecule has 2 aliphatic rings. The van der Waals surface area contributed by atoms with E-state index in [9.17, 15) is 0 Å². The van der Waals surface area contributed by atoms with E-state index < -0.39 is 0 Å². The van der Waals surface area contributed by atoms with E-state index in [0.717, 1.165) is 6.61 Å². The lowest BCUT2D eigenvalue weighted by Gasteiger charge is -2.23. The van der Waals surface area contributed by atoms with Crippen LogP contribution in [-0.4, -0.2) is 12.7 Å². The largest absolute Gasteiger partial charge is 0.378 e. The molecular formula is C11H19O. The zero-order chi connectivity index (χ0) is 8.23. The van der Waals surface area contributed by atoms with Gasteiger partial charge in [0.05, 0.1) is 6.10 Å². The van der Waals surface area contributed by atoms with Gasteiger partial charge < -0.3 is 4.74 Å². The van der Waals surface area contributed by atoms with Crippen LogP contribution in [0.5, 0.6) is 0 Å². The smallest absolute Gasteiger partial charge is 0.0581 e. The van der Waals surface area contributed by atoms with Crippen molar-refractivity contribution in [1.82, 2.24) is 0 Å². The Labute approximate surface area is 75.5 Å². The number of rotatable bonds is 2. The topological polar surface area (TPSA) is 9.23 Å². The van der Waals surface area contributed by atoms with Gasteiger partial charge >= 0.3 is 0 Å². The summed E-state index contributed by atoms with van der Waals surface area (Å²) in [5.74, 6) is 1.79. The van der Waals surface area contributed by atoms with Crippen molar-refractivity contribution in [2.24, 2.45) is 0 Å². The number of hydrogen-bond acceptors (Lipinski definition) is 1. The first-order valence-corrected chi connectivity index (χ1v) is 5.40. The van der Waals surface area contributed by atoms with Gasteiger partial charge in [0, 0.05) is 6.61 Å². The van der Waals surface area contributed by atoms with E-state index in [1.54, 1.807) is 5.92 Å². The number of ether oxygens (including phenoxy) is 1. The highest BCUT2D eigenvalue weighted by molar-refractivity contribution is 4.95. The third kappa shape index (κ3) is 2.22. The van der Waals surface area contributed by atoms with Crippen LogP contribution in [0.4, 0.5) is 0 Å². The first-order valence-electron chi connectivity index (χ1n) is 5.40. The van der Waals surface area contributed by atoms with Gasteiger partial charge in [0.15, 0.2) is 0 Å². The number of hydrogen-bond donors (Lipinski definition) is 0. The van der Waals surface area contributed by atoms with E-state index in [2.05, 4.69) is 0 Å². The van der Waals surface area contributed by atoms with Crippen molar-refractivity contribution in [3.8, 4) is 0 Å². The van der Waals surface area contributed by atoms with Crippen LogP contribution in [0, 0.1) is 5.92 Å². The van der Waals surface area contributed by atoms with Gasteiger partial charge in [0.2, 0.25) is 0 Å². The van der Waals surface area contributed by atoms with Crippen molar-refractivity contribution in [3.63, 3.8) is 0 Å². The molecular weight excluding hydrogens is 148 g/mol. The van der Waals surface area contributed by atoms with E-state index in [-0.39, 0.29) is 0 Å². The lowest BCUT2D eigenvalue weighted by Crippen LogP contribution is -2.13. The summed E-state index contributed by atoms with van der Waals surface area (Å²) in [5, 5.41) is 0. The van der Waals surface area contributed by atoms with E-state index in [4.69, 9.17) is 4.74 Å². The maximum Gasteiger partial charge on any atom is 0.0581 e. The maximum absolute atomic E-state index is 5.63. The summed E-state index contributed by atoms with van der Waals surface area (Å²) in [7, 11) is 0. The summed E-state index contributed by atoms with van der Waals surface area (Å²) in [6, 6.07) is 0. The summed E-state index contributed by atoms with van der Waals surface area (Å²) in [6.45, 7) is 1.01. The molecule has 2 fully saturated rings. The van der Waals surface area contributed by atoms with Gasteiger partial charge in [-0.1, -0.05) is 19.3 Å². The molecule has 1 radical (unpaired) electrons. The molecule has 1 nitrogen and oxygen atoms in total. The van der Waals surface area contributed by atoms with Crippen molar-refractivity contribution in [2.45, 2.75) is 57.5 Å². The fourth-order valence-corrected chi connectivity index (χ4v) is 2.38. The van der Waals surface area contributed by atoms with Crippen LogP contribution < -0.4 is 0 Å². The fourth-order valence-electron chi connectivity index (χ4n) is 2.38. The molecule has 1 aliphatic carbocycles. The lowest BCUT2D eigenvalue weighted by atomic mass is 9.85. The molecule has 1 heterocycles. The molecule has 0 N–H and O–H groups in total. The molecule has 2 rings (SSSR count). The second-order valence-corrected chi connectivity index (χ2v) is 4.15. The van der Waals surface area contributed by atoms with Gasteiger partial charge in [-0.3, -0.25) is 0 Å². The summed E-state index contributed by atoms with van der Waals surface area (Å²) in [4.78, 5) is 0. The summed E-state index contributed by atoms with van der Waals surface area (Å²) in [6.07, 6.45) is 11.6. The van der Waals surface area contributed by atoms with Crippen molar-refractivity contribution in [1.29, 1.82) is 0 Å². The molecule has 0 aromatic heterocycles. The summed E-state index contributed by atoms with van der Waals surface area (Å²) < 4.78 is 5.63. The quantitative estimate of drug-likeness (QED) is 0.614. The molecule has 1 saturated heterocycles. The van der Waals surface area contributed by atoms with Crippen LogP contribution in [0.3, 0.4) is 0 Å². The molecule has 1 saturated carbocycles. The average molecular weight is 167 g/mol. The molecule has 1 aliphatic heterocycles. The van der Waals surface area contributed by atoms with E-state index in [1.807, 2.05) is 0 Å². The van der Waals surface area contributed by atoms with Gasteiger partial charge in [-0.05, 0) is 38.0 Å². The van der Waals surface area contributed by atoms with Gasteiger partial charge in [-0.25, -0.2) is 0 Å². The van der Waals surface area contributed by atoms with E-state index in [0.29, 0.717) is 6.10 Å². The van der Waals surface area contributed by atoms with Crippen LogP contribution in [0.15, 0.2) is 0 Å². The minimum Gasteiger partial charge on any atom is -0.378 e. The molecule has 1 heteroatoms. The first-order chi connectivity index (χ1) is 5.95. The molecule has 69 valence electrons. The van der Waals surface area contributed by atoms with Crippen LogP contribution >= 0.6 is 0 Å². The highest BCUT2D eigenvalue weighted by atomic mass is 16.5. The molecule has 1 atom stereocenters. The molecule has 0 aromatic rings. The highest BCUT2D eigenvalue weighted by Gasteiger charge is 2.22. The zero-order valence-electron chi connectivity index (χ0n) is 7.85. The molecule has 0 bridgehead atoms. The Morgan fingerprint density at radius 2 is 1.92 bits per heavy atom. The Bertz CT molecular complexity index is 121. The van der Waals surface area contributed by atoms with Gasteiger partial charge in [0.1, 0.15) is 0 Å². The third-order valence-corrected chi connectivity index (χ3v) is 3.10. The van der Waals surface area contributed by atoms with Crippen molar-refractivity contribution in [2.75, 3.05) is 6.61 Å². The SMILES string of the molecule is C1CC[C](CC2CCCO2)CC1. The minimum absolute atomic E-state index is 0.595. The summed E-state index contributed by atoms with van der Waals surface area (Å²) >= 11 is 0. The van der Waals surface area contributed by atoms with Crippen LogP contribution in [0.25, 0.3) is 0 Å². The van der Waals surface area contributed by atoms with Gasteiger partial charge in [0.25, 0.3) is 0 Å². The van der Waals surface area contributed by atoms with Gasteiger partial charge in [-0.2, -0.15) is 0 Å². The molecule has 0 aromatic carbocycles. The monoisotopic (exact) mass is 167 g/mol. The zero-order valence-corrected chi connectivity index (χ0v) is 7.85. The molecule has 0 spiro atoms. The predicted octanol–water partition coefficient (Wildman–Crippen LogP) is 3.09. The third-order valence-electron chi connectivity index (χ3n) is 3.10. The Balaban J connectivity index is 1.69. The van der Waals surface area contributed by atoms with E-state index in [1.165, 1.54) is 51.4 Å². The Hall–Kier alpha value is -0.0400. The molecule has 0 amide bonds. The van der Waals surface area contributed by atoms with Crippen molar-refractivity contribution >= 4 is 0 Å². The van der Waals surface area contributed by atoms with Crippen LogP contribution in [0.2, 0.25) is 0 Å². The maximum atomic E-state index is 5.63. The van der Waals surface area contributed by atoms with Crippen LogP contribution in [0.1, 0.15) is 51.4 Å². The lowest BCUT2D eigenvalue weighted by molar-refractivity contribution is 0.104. The Morgan fingerprint density at radius 1 is 1.08 bits per heavy atom. The highest BCUT2D eigenvalue weighted by Crippen LogP contribution is 2.32. The predicted molar refractivity (Wildman–Crippen MR) is 49.9 cm³/mol. The fraction of sp³-hybridized carbons (Fsp3) is 0.909. The second-order valence-electron chi connectivity index (χ2n) is 4.15. The first kappa shape index (κ1) is 8.55. The standard InChI is InChI=1S/C11H19O/c1-2-5-10(6-3-1)9-11-7-4-8-12-11/h11H,1-9H2. The minimum atomic E-state index is 0.595. The average Bonchev–Trinajstić information content (AvgIpc) is 2.59. The molecule has 12 heavy (non-hydrogen) atoms. The van der Waals surface area contributed by atoms with Crippen molar-refractivity contribution < 1.29 is 4.74 Å². The molecule has 1 unspecified atom stereocenters.